The zero-order valence-electron chi connectivity index (χ0n) is 19.3. The fourth-order valence-corrected chi connectivity index (χ4v) is 4.92. The van der Waals surface area contributed by atoms with E-state index in [1.807, 2.05) is 30.3 Å². The number of rotatable bonds is 6. The standard InChI is InChI=1S/C29H26FNO3.ClH/c1-18(24-11-6-8-19-7-2-3-9-25(19)24)31-17-23-16-27(26-10-4-5-12-28(26)34-23)20-13-21(29(32)33)15-22(30)14-20;/h2-15,18,23,27,31H,16-17H2,1H3,(H,32,33);1H/t18?,23-,27+;/m1./s1. The van der Waals surface area contributed by atoms with Gasteiger partial charge in [0.1, 0.15) is 17.7 Å². The van der Waals surface area contributed by atoms with E-state index in [0.717, 1.165) is 17.4 Å². The molecule has 0 saturated heterocycles. The van der Waals surface area contributed by atoms with Gasteiger partial charge in [-0.25, -0.2) is 9.18 Å². The molecule has 0 fully saturated rings. The number of halogens is 2. The van der Waals surface area contributed by atoms with E-state index in [0.29, 0.717) is 18.5 Å². The molecule has 1 aliphatic heterocycles. The van der Waals surface area contributed by atoms with Gasteiger partial charge in [-0.05, 0) is 59.5 Å². The average Bonchev–Trinajstić information content (AvgIpc) is 2.86. The Bertz CT molecular complexity index is 1350. The molecule has 0 aromatic heterocycles. The molecule has 35 heavy (non-hydrogen) atoms. The highest BCUT2D eigenvalue weighted by molar-refractivity contribution is 5.88. The van der Waals surface area contributed by atoms with Crippen molar-refractivity contribution in [2.75, 3.05) is 6.54 Å². The first-order valence-corrected chi connectivity index (χ1v) is 11.5. The second-order valence-electron chi connectivity index (χ2n) is 8.84. The zero-order chi connectivity index (χ0) is 23.7. The van der Waals surface area contributed by atoms with Crippen LogP contribution in [-0.2, 0) is 0 Å². The third-order valence-electron chi connectivity index (χ3n) is 6.60. The van der Waals surface area contributed by atoms with Crippen LogP contribution in [0, 0.1) is 5.82 Å². The highest BCUT2D eigenvalue weighted by Crippen LogP contribution is 2.40. The Morgan fingerprint density at radius 2 is 1.80 bits per heavy atom. The molecule has 0 saturated carbocycles. The Morgan fingerprint density at radius 1 is 1.06 bits per heavy atom. The Morgan fingerprint density at radius 3 is 2.63 bits per heavy atom. The van der Waals surface area contributed by atoms with E-state index in [2.05, 4.69) is 48.6 Å². The minimum atomic E-state index is -1.14. The molecule has 0 bridgehead atoms. The number of para-hydroxylation sites is 1. The first kappa shape index (κ1) is 24.7. The summed E-state index contributed by atoms with van der Waals surface area (Å²) in [5.41, 5.74) is 2.78. The molecule has 1 heterocycles. The number of benzene rings is 4. The number of carbonyl (C=O) groups is 1. The molecule has 3 atom stereocenters. The van der Waals surface area contributed by atoms with Crippen LogP contribution in [0.15, 0.2) is 84.9 Å². The highest BCUT2D eigenvalue weighted by atomic mass is 35.5. The summed E-state index contributed by atoms with van der Waals surface area (Å²) in [5, 5.41) is 15.4. The van der Waals surface area contributed by atoms with Gasteiger partial charge in [0.25, 0.3) is 0 Å². The van der Waals surface area contributed by atoms with Gasteiger partial charge >= 0.3 is 5.97 Å². The molecular weight excluding hydrogens is 465 g/mol. The lowest BCUT2D eigenvalue weighted by atomic mass is 9.83. The molecule has 1 unspecified atom stereocenters. The third kappa shape index (κ3) is 5.16. The normalized spacial score (nSPS) is 17.7. The van der Waals surface area contributed by atoms with Crippen molar-refractivity contribution in [1.82, 2.24) is 5.32 Å². The van der Waals surface area contributed by atoms with Crippen LogP contribution in [0.5, 0.6) is 5.75 Å². The highest BCUT2D eigenvalue weighted by Gasteiger charge is 2.30. The van der Waals surface area contributed by atoms with Crippen molar-refractivity contribution in [3.63, 3.8) is 0 Å². The number of aromatic carboxylic acids is 1. The van der Waals surface area contributed by atoms with Crippen molar-refractivity contribution in [2.24, 2.45) is 0 Å². The van der Waals surface area contributed by atoms with E-state index in [1.165, 1.54) is 22.4 Å². The van der Waals surface area contributed by atoms with Gasteiger partial charge in [-0.15, -0.1) is 12.4 Å². The van der Waals surface area contributed by atoms with Gasteiger partial charge < -0.3 is 15.2 Å². The lowest BCUT2D eigenvalue weighted by Crippen LogP contribution is -2.37. The molecule has 0 radical (unpaired) electrons. The van der Waals surface area contributed by atoms with Gasteiger partial charge in [0.05, 0.1) is 5.56 Å². The quantitative estimate of drug-likeness (QED) is 0.314. The second-order valence-corrected chi connectivity index (χ2v) is 8.84. The molecule has 2 N–H and O–H groups in total. The summed E-state index contributed by atoms with van der Waals surface area (Å²) in [7, 11) is 0. The molecule has 0 aliphatic carbocycles. The van der Waals surface area contributed by atoms with Gasteiger partial charge in [-0.3, -0.25) is 0 Å². The molecule has 180 valence electrons. The van der Waals surface area contributed by atoms with Crippen LogP contribution in [0.4, 0.5) is 4.39 Å². The topological polar surface area (TPSA) is 58.6 Å². The SMILES string of the molecule is CC(NC[C@H]1C[C@@H](c2cc(F)cc(C(=O)O)c2)c2ccccc2O1)c1cccc2ccccc12.Cl. The van der Waals surface area contributed by atoms with Crippen molar-refractivity contribution >= 4 is 29.1 Å². The summed E-state index contributed by atoms with van der Waals surface area (Å²) in [5.74, 6) is -1.08. The van der Waals surface area contributed by atoms with Gasteiger partial charge in [-0.2, -0.15) is 0 Å². The Hall–Kier alpha value is -3.41. The summed E-state index contributed by atoms with van der Waals surface area (Å²) in [6.07, 6.45) is 0.475. The summed E-state index contributed by atoms with van der Waals surface area (Å²) in [6, 6.07) is 26.6. The van der Waals surface area contributed by atoms with Gasteiger partial charge in [0.2, 0.25) is 0 Å². The summed E-state index contributed by atoms with van der Waals surface area (Å²) >= 11 is 0. The second kappa shape index (κ2) is 10.5. The molecule has 0 spiro atoms. The van der Waals surface area contributed by atoms with E-state index in [9.17, 15) is 14.3 Å². The van der Waals surface area contributed by atoms with Gasteiger partial charge in [0.15, 0.2) is 0 Å². The smallest absolute Gasteiger partial charge is 0.335 e. The molecule has 0 amide bonds. The molecule has 4 aromatic rings. The van der Waals surface area contributed by atoms with Crippen LogP contribution in [-0.4, -0.2) is 23.7 Å². The largest absolute Gasteiger partial charge is 0.489 e. The van der Waals surface area contributed by atoms with Gasteiger partial charge in [-0.1, -0.05) is 60.7 Å². The lowest BCUT2D eigenvalue weighted by Gasteiger charge is -2.33. The number of carboxylic acids is 1. The minimum absolute atomic E-state index is 0. The first-order chi connectivity index (χ1) is 16.5. The van der Waals surface area contributed by atoms with Crippen molar-refractivity contribution in [3.8, 4) is 5.75 Å². The van der Waals surface area contributed by atoms with Crippen molar-refractivity contribution < 1.29 is 19.0 Å². The third-order valence-corrected chi connectivity index (χ3v) is 6.60. The Balaban J connectivity index is 0.00000289. The molecule has 6 heteroatoms. The van der Waals surface area contributed by atoms with Crippen molar-refractivity contribution in [2.45, 2.75) is 31.4 Å². The maximum Gasteiger partial charge on any atom is 0.335 e. The van der Waals surface area contributed by atoms with Crippen LogP contribution in [0.25, 0.3) is 10.8 Å². The van der Waals surface area contributed by atoms with Gasteiger partial charge in [0, 0.05) is 24.1 Å². The molecule has 4 aromatic carbocycles. The molecule has 5 rings (SSSR count). The van der Waals surface area contributed by atoms with E-state index in [-0.39, 0.29) is 36.0 Å². The number of fused-ring (bicyclic) bond motifs is 2. The monoisotopic (exact) mass is 491 g/mol. The van der Waals surface area contributed by atoms with Crippen molar-refractivity contribution in [1.29, 1.82) is 0 Å². The maximum atomic E-state index is 14.3. The Labute approximate surface area is 210 Å². The fourth-order valence-electron chi connectivity index (χ4n) is 4.92. The maximum absolute atomic E-state index is 14.3. The first-order valence-electron chi connectivity index (χ1n) is 11.5. The summed E-state index contributed by atoms with van der Waals surface area (Å²) in [4.78, 5) is 11.5. The van der Waals surface area contributed by atoms with E-state index in [1.54, 1.807) is 6.07 Å². The predicted octanol–water partition coefficient (Wildman–Crippen LogP) is 6.73. The molecule has 4 nitrogen and oxygen atoms in total. The lowest BCUT2D eigenvalue weighted by molar-refractivity contribution is 0.0696. The van der Waals surface area contributed by atoms with Crippen LogP contribution < -0.4 is 10.1 Å². The molecular formula is C29H27ClFNO3. The van der Waals surface area contributed by atoms with E-state index < -0.39 is 11.8 Å². The fraction of sp³-hybridized carbons (Fsp3) is 0.207. The number of hydrogen-bond donors (Lipinski definition) is 2. The zero-order valence-corrected chi connectivity index (χ0v) is 20.1. The number of hydrogen-bond acceptors (Lipinski definition) is 3. The van der Waals surface area contributed by atoms with E-state index >= 15 is 0 Å². The summed E-state index contributed by atoms with van der Waals surface area (Å²) < 4.78 is 20.6. The van der Waals surface area contributed by atoms with Crippen LogP contribution in [0.1, 0.15) is 52.4 Å². The van der Waals surface area contributed by atoms with Crippen molar-refractivity contribution in [3.05, 3.63) is 113 Å². The van der Waals surface area contributed by atoms with Crippen LogP contribution in [0.3, 0.4) is 0 Å². The van der Waals surface area contributed by atoms with Crippen LogP contribution in [0.2, 0.25) is 0 Å². The number of nitrogens with one attached hydrogen (secondary N) is 1. The molecule has 1 aliphatic rings. The number of carboxylic acid groups (broad SMARTS) is 1. The number of ether oxygens (including phenoxy) is 1. The summed E-state index contributed by atoms with van der Waals surface area (Å²) in [6.45, 7) is 2.75. The minimum Gasteiger partial charge on any atom is -0.489 e. The predicted molar refractivity (Wildman–Crippen MR) is 138 cm³/mol. The van der Waals surface area contributed by atoms with Crippen LogP contribution >= 0.6 is 12.4 Å². The van der Waals surface area contributed by atoms with E-state index in [4.69, 9.17) is 4.74 Å². The Kier molecular flexibility index (Phi) is 7.39. The average molecular weight is 492 g/mol.